The van der Waals surface area contributed by atoms with Crippen molar-refractivity contribution in [1.82, 2.24) is 15.1 Å². The molecule has 0 atom stereocenters. The minimum atomic E-state index is -0.0512. The maximum absolute atomic E-state index is 11.2. The molecule has 72 valence electrons. The molecule has 1 heterocycles. The van der Waals surface area contributed by atoms with Crippen LogP contribution in [0.5, 0.6) is 0 Å². The van der Waals surface area contributed by atoms with Crippen LogP contribution in [0.4, 0.5) is 0 Å². The maximum atomic E-state index is 11.2. The van der Waals surface area contributed by atoms with Gasteiger partial charge >= 0.3 is 0 Å². The molecule has 0 unspecified atom stereocenters. The smallest absolute Gasteiger partial charge is 0.241 e. The van der Waals surface area contributed by atoms with E-state index < -0.39 is 0 Å². The number of nitrogens with one attached hydrogen (secondary N) is 1. The molecule has 0 aliphatic rings. The third-order valence-corrected chi connectivity index (χ3v) is 1.97. The second kappa shape index (κ2) is 5.29. The Balaban J connectivity index is 2.36. The first-order chi connectivity index (χ1) is 6.22. The van der Waals surface area contributed by atoms with Crippen LogP contribution in [0.3, 0.4) is 0 Å². The Labute approximate surface area is 90.2 Å². The summed E-state index contributed by atoms with van der Waals surface area (Å²) >= 11 is 7.23. The fourth-order valence-corrected chi connectivity index (χ4v) is 1.26. The van der Waals surface area contributed by atoms with Gasteiger partial charge in [0.15, 0.2) is 0 Å². The Morgan fingerprint density at radius 1 is 1.77 bits per heavy atom. The molecule has 1 amide bonds. The molecule has 4 nitrogen and oxygen atoms in total. The average Bonchev–Trinajstić information content (AvgIpc) is 2.48. The van der Waals surface area contributed by atoms with Gasteiger partial charge in [0.05, 0.1) is 10.7 Å². The predicted molar refractivity (Wildman–Crippen MR) is 56.8 cm³/mol. The lowest BCUT2D eigenvalue weighted by Gasteiger charge is -2.02. The highest BCUT2D eigenvalue weighted by molar-refractivity contribution is 9.10. The van der Waals surface area contributed by atoms with E-state index in [0.717, 1.165) is 4.47 Å². The molecular weight excluding hydrogens is 254 g/mol. The van der Waals surface area contributed by atoms with Crippen LogP contribution in [0.25, 0.3) is 0 Å². The monoisotopic (exact) mass is 263 g/mol. The molecule has 0 aliphatic heterocycles. The number of carbonyl (C=O) groups excluding carboxylic acids is 1. The molecule has 0 fully saturated rings. The number of hydrogen-bond donors (Lipinski definition) is 2. The quantitative estimate of drug-likeness (QED) is 0.786. The van der Waals surface area contributed by atoms with Gasteiger partial charge in [0.2, 0.25) is 5.91 Å². The molecule has 6 heteroatoms. The van der Waals surface area contributed by atoms with Gasteiger partial charge in [-0.2, -0.15) is 17.7 Å². The number of carbonyl (C=O) groups is 1. The fraction of sp³-hybridized carbons (Fsp3) is 0.429. The molecule has 0 saturated carbocycles. The fourth-order valence-electron chi connectivity index (χ4n) is 0.823. The minimum Gasteiger partial charge on any atom is -0.354 e. The normalized spacial score (nSPS) is 10.0. The number of aromatic nitrogens is 2. The van der Waals surface area contributed by atoms with Crippen LogP contribution in [0.15, 0.2) is 16.9 Å². The largest absolute Gasteiger partial charge is 0.354 e. The number of nitrogens with zero attached hydrogens (tertiary/aromatic N) is 2. The van der Waals surface area contributed by atoms with Crippen LogP contribution in [0, 0.1) is 0 Å². The van der Waals surface area contributed by atoms with Gasteiger partial charge < -0.3 is 5.32 Å². The average molecular weight is 264 g/mol. The highest BCUT2D eigenvalue weighted by atomic mass is 79.9. The third kappa shape index (κ3) is 3.82. The van der Waals surface area contributed by atoms with E-state index >= 15 is 0 Å². The maximum Gasteiger partial charge on any atom is 0.241 e. The van der Waals surface area contributed by atoms with Gasteiger partial charge in [-0.25, -0.2) is 0 Å². The van der Waals surface area contributed by atoms with E-state index in [2.05, 4.69) is 39.0 Å². The number of hydrogen-bond acceptors (Lipinski definition) is 3. The van der Waals surface area contributed by atoms with Crippen molar-refractivity contribution in [3.8, 4) is 0 Å². The van der Waals surface area contributed by atoms with Crippen molar-refractivity contribution in [2.45, 2.75) is 6.54 Å². The van der Waals surface area contributed by atoms with E-state index in [1.165, 1.54) is 0 Å². The van der Waals surface area contributed by atoms with Crippen molar-refractivity contribution in [2.24, 2.45) is 0 Å². The van der Waals surface area contributed by atoms with Crippen LogP contribution >= 0.6 is 28.6 Å². The van der Waals surface area contributed by atoms with Crippen molar-refractivity contribution in [3.63, 3.8) is 0 Å². The Morgan fingerprint density at radius 2 is 2.54 bits per heavy atom. The van der Waals surface area contributed by atoms with Gasteiger partial charge in [0, 0.05) is 18.5 Å². The van der Waals surface area contributed by atoms with Gasteiger partial charge in [0.25, 0.3) is 0 Å². The van der Waals surface area contributed by atoms with Gasteiger partial charge in [-0.05, 0) is 15.9 Å². The van der Waals surface area contributed by atoms with E-state index in [1.807, 2.05) is 0 Å². The topological polar surface area (TPSA) is 46.9 Å². The lowest BCUT2D eigenvalue weighted by atomic mass is 10.5. The van der Waals surface area contributed by atoms with E-state index in [-0.39, 0.29) is 12.5 Å². The zero-order valence-electron chi connectivity index (χ0n) is 6.90. The molecule has 1 N–H and O–H groups in total. The molecular formula is C7H10BrN3OS. The molecule has 1 aromatic heterocycles. The highest BCUT2D eigenvalue weighted by Crippen LogP contribution is 2.05. The Bertz CT molecular complexity index is 289. The second-order valence-electron chi connectivity index (χ2n) is 2.43. The summed E-state index contributed by atoms with van der Waals surface area (Å²) in [7, 11) is 0. The SMILES string of the molecule is O=C(Cn1cc(Br)cn1)NCCS. The van der Waals surface area contributed by atoms with Crippen LogP contribution in [0.1, 0.15) is 0 Å². The van der Waals surface area contributed by atoms with Crippen LogP contribution in [-0.2, 0) is 11.3 Å². The second-order valence-corrected chi connectivity index (χ2v) is 3.79. The van der Waals surface area contributed by atoms with Gasteiger partial charge in [-0.15, -0.1) is 0 Å². The van der Waals surface area contributed by atoms with Crippen LogP contribution < -0.4 is 5.32 Å². The summed E-state index contributed by atoms with van der Waals surface area (Å²) in [6, 6.07) is 0. The Kier molecular flexibility index (Phi) is 4.31. The predicted octanol–water partition coefficient (Wildman–Crippen LogP) is 0.692. The lowest BCUT2D eigenvalue weighted by molar-refractivity contribution is -0.121. The van der Waals surface area contributed by atoms with Gasteiger partial charge in [-0.1, -0.05) is 0 Å². The summed E-state index contributed by atoms with van der Waals surface area (Å²) in [6.07, 6.45) is 3.40. The molecule has 13 heavy (non-hydrogen) atoms. The van der Waals surface area contributed by atoms with Gasteiger partial charge in [0.1, 0.15) is 6.54 Å². The first kappa shape index (κ1) is 10.6. The first-order valence-electron chi connectivity index (χ1n) is 3.78. The highest BCUT2D eigenvalue weighted by Gasteiger charge is 2.02. The Morgan fingerprint density at radius 3 is 3.08 bits per heavy atom. The van der Waals surface area contributed by atoms with Gasteiger partial charge in [-0.3, -0.25) is 9.48 Å². The zero-order chi connectivity index (χ0) is 9.68. The summed E-state index contributed by atoms with van der Waals surface area (Å²) in [4.78, 5) is 11.2. The number of thiol groups is 1. The first-order valence-corrected chi connectivity index (χ1v) is 5.20. The van der Waals surface area contributed by atoms with Crippen LogP contribution in [0.2, 0.25) is 0 Å². The number of amides is 1. The van der Waals surface area contributed by atoms with Crippen molar-refractivity contribution in [2.75, 3.05) is 12.3 Å². The van der Waals surface area contributed by atoms with Crippen molar-refractivity contribution in [1.29, 1.82) is 0 Å². The molecule has 0 spiro atoms. The molecule has 1 aromatic rings. The minimum absolute atomic E-state index is 0.0512. The van der Waals surface area contributed by atoms with Crippen molar-refractivity contribution in [3.05, 3.63) is 16.9 Å². The summed E-state index contributed by atoms with van der Waals surface area (Å²) in [6.45, 7) is 0.837. The third-order valence-electron chi connectivity index (χ3n) is 1.34. The van der Waals surface area contributed by atoms with Crippen molar-refractivity contribution < 1.29 is 4.79 Å². The lowest BCUT2D eigenvalue weighted by Crippen LogP contribution is -2.29. The summed E-state index contributed by atoms with van der Waals surface area (Å²) in [5.74, 6) is 0.596. The Hall–Kier alpha value is -0.490. The molecule has 0 bridgehead atoms. The summed E-state index contributed by atoms with van der Waals surface area (Å²) in [5.41, 5.74) is 0. The van der Waals surface area contributed by atoms with E-state index in [4.69, 9.17) is 0 Å². The van der Waals surface area contributed by atoms with E-state index in [9.17, 15) is 4.79 Å². The van der Waals surface area contributed by atoms with Crippen molar-refractivity contribution >= 4 is 34.5 Å². The van der Waals surface area contributed by atoms with Crippen LogP contribution in [-0.4, -0.2) is 28.0 Å². The summed E-state index contributed by atoms with van der Waals surface area (Å²) in [5, 5.41) is 6.65. The molecule has 1 rings (SSSR count). The number of halogens is 1. The zero-order valence-corrected chi connectivity index (χ0v) is 9.38. The molecule has 0 aliphatic carbocycles. The number of rotatable bonds is 4. The molecule has 0 saturated heterocycles. The van der Waals surface area contributed by atoms with E-state index in [1.54, 1.807) is 17.1 Å². The molecule has 0 radical (unpaired) electrons. The summed E-state index contributed by atoms with van der Waals surface area (Å²) < 4.78 is 2.44. The standard InChI is InChI=1S/C7H10BrN3OS/c8-6-3-10-11(4-6)5-7(12)9-1-2-13/h3-4,13H,1-2,5H2,(H,9,12). The van der Waals surface area contributed by atoms with E-state index in [0.29, 0.717) is 12.3 Å². The molecule has 0 aromatic carbocycles.